The standard InChI is InChI=1S/C10H12ClN3O/c1-13-4-5-14(10(13)15)9-6-7(12)2-3-8(9)11/h2-3,6H,4-5,12H2,1H3. The van der Waals surface area contributed by atoms with Crippen LogP contribution in [0.4, 0.5) is 16.2 Å². The summed E-state index contributed by atoms with van der Waals surface area (Å²) in [6.45, 7) is 1.36. The van der Waals surface area contributed by atoms with Gasteiger partial charge in [-0.05, 0) is 18.2 Å². The van der Waals surface area contributed by atoms with Crippen LogP contribution < -0.4 is 10.6 Å². The van der Waals surface area contributed by atoms with Crippen molar-refractivity contribution < 1.29 is 4.79 Å². The Morgan fingerprint density at radius 3 is 2.73 bits per heavy atom. The molecule has 1 aliphatic rings. The molecule has 0 bridgehead atoms. The van der Waals surface area contributed by atoms with Gasteiger partial charge in [0.15, 0.2) is 0 Å². The monoisotopic (exact) mass is 225 g/mol. The second-order valence-electron chi connectivity index (χ2n) is 3.57. The van der Waals surface area contributed by atoms with Crippen LogP contribution in [-0.4, -0.2) is 31.1 Å². The van der Waals surface area contributed by atoms with E-state index < -0.39 is 0 Å². The predicted octanol–water partition coefficient (Wildman–Crippen LogP) is 1.79. The fourth-order valence-electron chi connectivity index (χ4n) is 1.61. The van der Waals surface area contributed by atoms with Crippen LogP contribution in [0.15, 0.2) is 18.2 Å². The van der Waals surface area contributed by atoms with Gasteiger partial charge in [0, 0.05) is 25.8 Å². The molecule has 1 fully saturated rings. The number of urea groups is 1. The Morgan fingerprint density at radius 2 is 2.13 bits per heavy atom. The van der Waals surface area contributed by atoms with Crippen LogP contribution in [0.2, 0.25) is 5.02 Å². The zero-order valence-electron chi connectivity index (χ0n) is 8.40. The van der Waals surface area contributed by atoms with E-state index in [9.17, 15) is 4.79 Å². The minimum atomic E-state index is -0.0394. The van der Waals surface area contributed by atoms with E-state index in [0.29, 0.717) is 29.5 Å². The molecule has 1 aromatic rings. The summed E-state index contributed by atoms with van der Waals surface area (Å²) in [5, 5.41) is 0.549. The molecule has 1 saturated heterocycles. The Bertz CT molecular complexity index is 408. The van der Waals surface area contributed by atoms with Crippen molar-refractivity contribution in [3.05, 3.63) is 23.2 Å². The summed E-state index contributed by atoms with van der Waals surface area (Å²) in [6.07, 6.45) is 0. The van der Waals surface area contributed by atoms with Crippen molar-refractivity contribution >= 4 is 29.0 Å². The van der Waals surface area contributed by atoms with Crippen LogP contribution in [-0.2, 0) is 0 Å². The number of carbonyl (C=O) groups is 1. The van der Waals surface area contributed by atoms with Gasteiger partial charge in [-0.1, -0.05) is 11.6 Å². The highest BCUT2D eigenvalue weighted by Gasteiger charge is 2.27. The summed E-state index contributed by atoms with van der Waals surface area (Å²) >= 11 is 6.02. The number of hydrogen-bond acceptors (Lipinski definition) is 2. The van der Waals surface area contributed by atoms with Crippen molar-refractivity contribution in [1.29, 1.82) is 0 Å². The van der Waals surface area contributed by atoms with Gasteiger partial charge < -0.3 is 10.6 Å². The van der Waals surface area contributed by atoms with Gasteiger partial charge in [-0.15, -0.1) is 0 Å². The minimum absolute atomic E-state index is 0.0394. The molecule has 0 unspecified atom stereocenters. The van der Waals surface area contributed by atoms with Gasteiger partial charge in [-0.25, -0.2) is 4.79 Å². The lowest BCUT2D eigenvalue weighted by molar-refractivity contribution is 0.229. The molecule has 1 aromatic carbocycles. The lowest BCUT2D eigenvalue weighted by Gasteiger charge is -2.17. The number of rotatable bonds is 1. The lowest BCUT2D eigenvalue weighted by atomic mass is 10.2. The summed E-state index contributed by atoms with van der Waals surface area (Å²) in [7, 11) is 1.77. The van der Waals surface area contributed by atoms with Crippen LogP contribution in [0.1, 0.15) is 0 Å². The Balaban J connectivity index is 2.37. The van der Waals surface area contributed by atoms with Crippen LogP contribution in [0.25, 0.3) is 0 Å². The summed E-state index contributed by atoms with van der Waals surface area (Å²) in [5.41, 5.74) is 6.96. The zero-order chi connectivity index (χ0) is 11.0. The highest BCUT2D eigenvalue weighted by molar-refractivity contribution is 6.34. The van der Waals surface area contributed by atoms with Crippen molar-refractivity contribution in [2.45, 2.75) is 0 Å². The van der Waals surface area contributed by atoms with Gasteiger partial charge in [0.25, 0.3) is 0 Å². The van der Waals surface area contributed by atoms with Crippen LogP contribution in [0.3, 0.4) is 0 Å². The van der Waals surface area contributed by atoms with Gasteiger partial charge in [0.1, 0.15) is 0 Å². The Hall–Kier alpha value is -1.42. The molecule has 2 N–H and O–H groups in total. The summed E-state index contributed by atoms with van der Waals surface area (Å²) < 4.78 is 0. The number of benzene rings is 1. The molecule has 80 valence electrons. The van der Waals surface area contributed by atoms with E-state index in [1.165, 1.54) is 0 Å². The summed E-state index contributed by atoms with van der Waals surface area (Å²) in [5.74, 6) is 0. The molecule has 1 heterocycles. The van der Waals surface area contributed by atoms with Crippen molar-refractivity contribution in [2.24, 2.45) is 0 Å². The maximum Gasteiger partial charge on any atom is 0.324 e. The average molecular weight is 226 g/mol. The predicted molar refractivity (Wildman–Crippen MR) is 61.2 cm³/mol. The first-order chi connectivity index (χ1) is 7.09. The minimum Gasteiger partial charge on any atom is -0.399 e. The molecule has 4 nitrogen and oxygen atoms in total. The van der Waals surface area contributed by atoms with Gasteiger partial charge >= 0.3 is 6.03 Å². The number of nitrogens with zero attached hydrogens (tertiary/aromatic N) is 2. The number of nitrogen functional groups attached to an aromatic ring is 1. The van der Waals surface area contributed by atoms with Gasteiger partial charge in [0.05, 0.1) is 10.7 Å². The number of nitrogens with two attached hydrogens (primary N) is 1. The van der Waals surface area contributed by atoms with Crippen molar-refractivity contribution in [1.82, 2.24) is 4.90 Å². The second-order valence-corrected chi connectivity index (χ2v) is 3.97. The number of amides is 2. The van der Waals surface area contributed by atoms with Crippen molar-refractivity contribution in [2.75, 3.05) is 30.8 Å². The third-order valence-electron chi connectivity index (χ3n) is 2.48. The molecule has 0 spiro atoms. The third kappa shape index (κ3) is 1.72. The highest BCUT2D eigenvalue weighted by atomic mass is 35.5. The molecule has 0 aliphatic carbocycles. The number of anilines is 2. The second kappa shape index (κ2) is 3.62. The van der Waals surface area contributed by atoms with Crippen molar-refractivity contribution in [3.8, 4) is 0 Å². The normalized spacial score (nSPS) is 16.3. The van der Waals surface area contributed by atoms with E-state index in [2.05, 4.69) is 0 Å². The van der Waals surface area contributed by atoms with Gasteiger partial charge in [-0.2, -0.15) is 0 Å². The molecular weight excluding hydrogens is 214 g/mol. The Labute approximate surface area is 93.2 Å². The molecular formula is C10H12ClN3O. The first-order valence-corrected chi connectivity index (χ1v) is 5.05. The SMILES string of the molecule is CN1CCN(c2cc(N)ccc2Cl)C1=O. The molecule has 5 heteroatoms. The molecule has 1 aliphatic heterocycles. The van der Waals surface area contributed by atoms with Crippen LogP contribution in [0.5, 0.6) is 0 Å². The van der Waals surface area contributed by atoms with E-state index in [4.69, 9.17) is 17.3 Å². The van der Waals surface area contributed by atoms with Crippen LogP contribution in [0, 0.1) is 0 Å². The van der Waals surface area contributed by atoms with Crippen molar-refractivity contribution in [3.63, 3.8) is 0 Å². The number of likely N-dealkylation sites (N-methyl/N-ethyl adjacent to an activating group) is 1. The van der Waals surface area contributed by atoms with E-state index >= 15 is 0 Å². The topological polar surface area (TPSA) is 49.6 Å². The smallest absolute Gasteiger partial charge is 0.324 e. The van der Waals surface area contributed by atoms with Gasteiger partial charge in [0.2, 0.25) is 0 Å². The van der Waals surface area contributed by atoms with Gasteiger partial charge in [-0.3, -0.25) is 4.90 Å². The molecule has 0 saturated carbocycles. The maximum absolute atomic E-state index is 11.7. The molecule has 0 aromatic heterocycles. The summed E-state index contributed by atoms with van der Waals surface area (Å²) in [6, 6.07) is 5.11. The fourth-order valence-corrected chi connectivity index (χ4v) is 1.83. The first kappa shape index (κ1) is 10.1. The fraction of sp³-hybridized carbons (Fsp3) is 0.300. The quantitative estimate of drug-likeness (QED) is 0.741. The number of hydrogen-bond donors (Lipinski definition) is 1. The average Bonchev–Trinajstić information content (AvgIpc) is 2.52. The molecule has 2 rings (SSSR count). The van der Waals surface area contributed by atoms with E-state index in [1.807, 2.05) is 0 Å². The molecule has 0 radical (unpaired) electrons. The zero-order valence-corrected chi connectivity index (χ0v) is 9.16. The Morgan fingerprint density at radius 1 is 1.40 bits per heavy atom. The largest absolute Gasteiger partial charge is 0.399 e. The van der Waals surface area contributed by atoms with E-state index in [1.54, 1.807) is 35.0 Å². The summed E-state index contributed by atoms with van der Waals surface area (Å²) in [4.78, 5) is 15.0. The highest BCUT2D eigenvalue weighted by Crippen LogP contribution is 2.30. The molecule has 2 amide bonds. The Kier molecular flexibility index (Phi) is 2.44. The lowest BCUT2D eigenvalue weighted by Crippen LogP contribution is -2.29. The van der Waals surface area contributed by atoms with E-state index in [-0.39, 0.29) is 6.03 Å². The molecule has 0 atom stereocenters. The third-order valence-corrected chi connectivity index (χ3v) is 2.80. The number of carbonyl (C=O) groups excluding carboxylic acids is 1. The number of halogens is 1. The maximum atomic E-state index is 11.7. The molecule has 15 heavy (non-hydrogen) atoms. The van der Waals surface area contributed by atoms with E-state index in [0.717, 1.165) is 0 Å². The van der Waals surface area contributed by atoms with Crippen LogP contribution >= 0.6 is 11.6 Å². The first-order valence-electron chi connectivity index (χ1n) is 4.67.